The zero-order chi connectivity index (χ0) is 13.3. The van der Waals surface area contributed by atoms with Crippen molar-refractivity contribution in [2.75, 3.05) is 0 Å². The first-order valence-corrected chi connectivity index (χ1v) is 7.68. The molecule has 1 N–H and O–H groups in total. The second-order valence-electron chi connectivity index (χ2n) is 5.89. The van der Waals surface area contributed by atoms with Gasteiger partial charge in [0.2, 0.25) is 0 Å². The van der Waals surface area contributed by atoms with Gasteiger partial charge in [0, 0.05) is 6.20 Å². The number of nitrogens with zero attached hydrogens (tertiary/aromatic N) is 1. The van der Waals surface area contributed by atoms with E-state index in [4.69, 9.17) is 0 Å². The zero-order valence-corrected chi connectivity index (χ0v) is 12.5. The lowest BCUT2D eigenvalue weighted by atomic mass is 9.78. The summed E-state index contributed by atoms with van der Waals surface area (Å²) in [5, 5.41) is 0. The summed E-state index contributed by atoms with van der Waals surface area (Å²) in [6.07, 6.45) is 15.8. The van der Waals surface area contributed by atoms with Crippen molar-refractivity contribution >= 4 is 0 Å². The molecule has 0 amide bonds. The summed E-state index contributed by atoms with van der Waals surface area (Å²) in [5.74, 6) is 0. The van der Waals surface area contributed by atoms with Crippen LogP contribution in [0.25, 0.3) is 0 Å². The normalized spacial score (nSPS) is 14.6. The van der Waals surface area contributed by atoms with E-state index in [0.29, 0.717) is 5.41 Å². The molecule has 0 fully saturated rings. The number of aromatic nitrogens is 2. The van der Waals surface area contributed by atoms with Crippen molar-refractivity contribution < 1.29 is 0 Å². The van der Waals surface area contributed by atoms with Crippen LogP contribution in [0.1, 0.15) is 77.8 Å². The summed E-state index contributed by atoms with van der Waals surface area (Å²) in [5.41, 5.74) is 1.71. The predicted octanol–water partition coefficient (Wildman–Crippen LogP) is 5.12. The average Bonchev–Trinajstić information content (AvgIpc) is 2.89. The van der Waals surface area contributed by atoms with Crippen molar-refractivity contribution in [2.24, 2.45) is 5.41 Å². The number of hydrogen-bond donors (Lipinski definition) is 1. The maximum atomic E-state index is 4.32. The molecule has 0 radical (unpaired) electrons. The van der Waals surface area contributed by atoms with Crippen LogP contribution < -0.4 is 0 Å². The molecule has 0 saturated carbocycles. The van der Waals surface area contributed by atoms with Crippen molar-refractivity contribution in [1.29, 1.82) is 0 Å². The topological polar surface area (TPSA) is 28.7 Å². The smallest absolute Gasteiger partial charge is 0.0923 e. The number of hydrogen-bond acceptors (Lipinski definition) is 1. The lowest BCUT2D eigenvalue weighted by Crippen LogP contribution is -2.16. The van der Waals surface area contributed by atoms with E-state index in [2.05, 4.69) is 30.7 Å². The minimum atomic E-state index is 0.505. The largest absolute Gasteiger partial charge is 0.351 e. The van der Waals surface area contributed by atoms with Crippen molar-refractivity contribution in [2.45, 2.75) is 78.6 Å². The first-order chi connectivity index (χ1) is 8.70. The third-order valence-electron chi connectivity index (χ3n) is 4.28. The van der Waals surface area contributed by atoms with Gasteiger partial charge in [-0.15, -0.1) is 0 Å². The van der Waals surface area contributed by atoms with Gasteiger partial charge in [-0.05, 0) is 24.7 Å². The van der Waals surface area contributed by atoms with E-state index in [1.165, 1.54) is 57.1 Å². The molecule has 1 unspecified atom stereocenters. The van der Waals surface area contributed by atoms with E-state index < -0.39 is 0 Å². The molecule has 104 valence electrons. The number of rotatable bonds is 10. The minimum Gasteiger partial charge on any atom is -0.351 e. The van der Waals surface area contributed by atoms with Gasteiger partial charge in [0.1, 0.15) is 0 Å². The van der Waals surface area contributed by atoms with Gasteiger partial charge in [-0.1, -0.05) is 59.3 Å². The molecule has 0 aliphatic heterocycles. The van der Waals surface area contributed by atoms with Crippen LogP contribution in [0.4, 0.5) is 0 Å². The zero-order valence-electron chi connectivity index (χ0n) is 12.5. The number of unbranched alkanes of at least 4 members (excludes halogenated alkanes) is 4. The predicted molar refractivity (Wildman–Crippen MR) is 78.7 cm³/mol. The van der Waals surface area contributed by atoms with Gasteiger partial charge in [0.25, 0.3) is 0 Å². The monoisotopic (exact) mass is 250 g/mol. The second kappa shape index (κ2) is 8.34. The Bertz CT molecular complexity index is 292. The summed E-state index contributed by atoms with van der Waals surface area (Å²) in [6.45, 7) is 7.05. The Morgan fingerprint density at radius 2 is 1.89 bits per heavy atom. The molecule has 0 aromatic carbocycles. The van der Waals surface area contributed by atoms with Crippen LogP contribution in [0.15, 0.2) is 12.5 Å². The SMILES string of the molecule is CCCCCCCC(C)(CC)CCc1c[nH]cn1. The lowest BCUT2D eigenvalue weighted by Gasteiger charge is -2.28. The van der Waals surface area contributed by atoms with Gasteiger partial charge < -0.3 is 4.98 Å². The highest BCUT2D eigenvalue weighted by Gasteiger charge is 2.21. The maximum absolute atomic E-state index is 4.32. The van der Waals surface area contributed by atoms with Gasteiger partial charge in [0.05, 0.1) is 12.0 Å². The molecule has 0 bridgehead atoms. The molecule has 0 saturated heterocycles. The Morgan fingerprint density at radius 1 is 1.11 bits per heavy atom. The summed E-state index contributed by atoms with van der Waals surface area (Å²) < 4.78 is 0. The fraction of sp³-hybridized carbons (Fsp3) is 0.812. The molecule has 1 atom stereocenters. The third-order valence-corrected chi connectivity index (χ3v) is 4.28. The Balaban J connectivity index is 2.23. The van der Waals surface area contributed by atoms with Gasteiger partial charge in [-0.25, -0.2) is 4.98 Å². The fourth-order valence-corrected chi connectivity index (χ4v) is 2.49. The number of H-pyrrole nitrogens is 1. The Kier molecular flexibility index (Phi) is 7.07. The second-order valence-corrected chi connectivity index (χ2v) is 5.89. The summed E-state index contributed by atoms with van der Waals surface area (Å²) in [7, 11) is 0. The van der Waals surface area contributed by atoms with Crippen LogP contribution in [0.2, 0.25) is 0 Å². The van der Waals surface area contributed by atoms with Gasteiger partial charge >= 0.3 is 0 Å². The number of nitrogens with one attached hydrogen (secondary N) is 1. The molecule has 2 heteroatoms. The Morgan fingerprint density at radius 3 is 2.50 bits per heavy atom. The van der Waals surface area contributed by atoms with Crippen LogP contribution in [-0.2, 0) is 6.42 Å². The summed E-state index contributed by atoms with van der Waals surface area (Å²) in [4.78, 5) is 7.36. The molecule has 2 nitrogen and oxygen atoms in total. The minimum absolute atomic E-state index is 0.505. The van der Waals surface area contributed by atoms with E-state index in [0.717, 1.165) is 6.42 Å². The third kappa shape index (κ3) is 5.70. The first-order valence-electron chi connectivity index (χ1n) is 7.68. The van der Waals surface area contributed by atoms with E-state index >= 15 is 0 Å². The van der Waals surface area contributed by atoms with Crippen LogP contribution in [-0.4, -0.2) is 9.97 Å². The lowest BCUT2D eigenvalue weighted by molar-refractivity contribution is 0.250. The van der Waals surface area contributed by atoms with Crippen molar-refractivity contribution in [3.05, 3.63) is 18.2 Å². The van der Waals surface area contributed by atoms with Gasteiger partial charge in [-0.2, -0.15) is 0 Å². The molecule has 0 aliphatic rings. The molecule has 0 spiro atoms. The van der Waals surface area contributed by atoms with Crippen molar-refractivity contribution in [1.82, 2.24) is 9.97 Å². The molecule has 1 rings (SSSR count). The van der Waals surface area contributed by atoms with Crippen molar-refractivity contribution in [3.8, 4) is 0 Å². The van der Waals surface area contributed by atoms with Crippen LogP contribution in [0.3, 0.4) is 0 Å². The molecule has 1 heterocycles. The quantitative estimate of drug-likeness (QED) is 0.574. The highest BCUT2D eigenvalue weighted by molar-refractivity contribution is 4.95. The van der Waals surface area contributed by atoms with E-state index in [1.54, 1.807) is 6.33 Å². The van der Waals surface area contributed by atoms with E-state index in [-0.39, 0.29) is 0 Å². The highest BCUT2D eigenvalue weighted by atomic mass is 14.9. The van der Waals surface area contributed by atoms with Gasteiger partial charge in [-0.3, -0.25) is 0 Å². The number of aryl methyl sites for hydroxylation is 1. The van der Waals surface area contributed by atoms with Crippen LogP contribution in [0.5, 0.6) is 0 Å². The Hall–Kier alpha value is -0.790. The maximum Gasteiger partial charge on any atom is 0.0923 e. The van der Waals surface area contributed by atoms with Crippen molar-refractivity contribution in [3.63, 3.8) is 0 Å². The fourth-order valence-electron chi connectivity index (χ4n) is 2.49. The summed E-state index contributed by atoms with van der Waals surface area (Å²) >= 11 is 0. The van der Waals surface area contributed by atoms with E-state index in [1.807, 2.05) is 6.20 Å². The Labute approximate surface area is 113 Å². The molecule has 18 heavy (non-hydrogen) atoms. The molecule has 1 aromatic rings. The first kappa shape index (κ1) is 15.3. The number of aromatic amines is 1. The molecular formula is C16H30N2. The average molecular weight is 250 g/mol. The van der Waals surface area contributed by atoms with Crippen LogP contribution >= 0.6 is 0 Å². The molecule has 1 aromatic heterocycles. The van der Waals surface area contributed by atoms with Crippen LogP contribution in [0, 0.1) is 5.41 Å². The molecule has 0 aliphatic carbocycles. The standard InChI is InChI=1S/C16H30N2/c1-4-6-7-8-9-11-16(3,5-2)12-10-15-13-17-14-18-15/h13-14H,4-12H2,1-3H3,(H,17,18). The number of imidazole rings is 1. The van der Waals surface area contributed by atoms with E-state index in [9.17, 15) is 0 Å². The highest BCUT2D eigenvalue weighted by Crippen LogP contribution is 2.33. The summed E-state index contributed by atoms with van der Waals surface area (Å²) in [6, 6.07) is 0. The molecular weight excluding hydrogens is 220 g/mol. The van der Waals surface area contributed by atoms with Gasteiger partial charge in [0.15, 0.2) is 0 Å².